The van der Waals surface area contributed by atoms with Crippen molar-refractivity contribution in [3.05, 3.63) is 11.6 Å². The van der Waals surface area contributed by atoms with Crippen molar-refractivity contribution in [1.29, 1.82) is 0 Å². The molecule has 20 heavy (non-hydrogen) atoms. The van der Waals surface area contributed by atoms with Gasteiger partial charge in [-0.05, 0) is 80.0 Å². The molecule has 0 radical (unpaired) electrons. The van der Waals surface area contributed by atoms with Crippen molar-refractivity contribution < 1.29 is 4.74 Å². The summed E-state index contributed by atoms with van der Waals surface area (Å²) < 4.78 is 5.94. The van der Waals surface area contributed by atoms with Gasteiger partial charge in [-0.3, -0.25) is 0 Å². The Morgan fingerprint density at radius 2 is 1.95 bits per heavy atom. The van der Waals surface area contributed by atoms with E-state index in [-0.39, 0.29) is 0 Å². The molecule has 1 heteroatoms. The van der Waals surface area contributed by atoms with Crippen LogP contribution >= 0.6 is 0 Å². The first-order chi connectivity index (χ1) is 9.56. The number of hydrogen-bond acceptors (Lipinski definition) is 1. The highest BCUT2D eigenvalue weighted by Gasteiger charge is 2.57. The molecule has 3 fully saturated rings. The molecular weight excluding hydrogens is 244 g/mol. The van der Waals surface area contributed by atoms with Crippen LogP contribution in [0.1, 0.15) is 59.3 Å². The van der Waals surface area contributed by atoms with Crippen LogP contribution in [0.5, 0.6) is 0 Å². The average molecular weight is 274 g/mol. The van der Waals surface area contributed by atoms with E-state index in [0.717, 1.165) is 36.9 Å². The van der Waals surface area contributed by atoms with Gasteiger partial charge in [0.25, 0.3) is 0 Å². The lowest BCUT2D eigenvalue weighted by molar-refractivity contribution is -0.148. The topological polar surface area (TPSA) is 9.23 Å². The van der Waals surface area contributed by atoms with Crippen LogP contribution in [0.15, 0.2) is 11.6 Å². The fraction of sp³-hybridized carbons (Fsp3) is 0.895. The highest BCUT2D eigenvalue weighted by Crippen LogP contribution is 2.64. The molecule has 4 rings (SSSR count). The molecule has 0 aromatic carbocycles. The number of hydrogen-bond donors (Lipinski definition) is 0. The van der Waals surface area contributed by atoms with E-state index in [1.807, 2.05) is 0 Å². The van der Waals surface area contributed by atoms with Crippen molar-refractivity contribution >= 4 is 0 Å². The summed E-state index contributed by atoms with van der Waals surface area (Å²) in [5.41, 5.74) is 2.70. The van der Waals surface area contributed by atoms with Crippen LogP contribution in [0, 0.1) is 34.5 Å². The summed E-state index contributed by atoms with van der Waals surface area (Å²) in [5.74, 6) is 3.77. The zero-order chi connectivity index (χ0) is 14.0. The lowest BCUT2D eigenvalue weighted by Gasteiger charge is -2.59. The predicted octanol–water partition coefficient (Wildman–Crippen LogP) is 4.82. The van der Waals surface area contributed by atoms with Gasteiger partial charge in [-0.2, -0.15) is 0 Å². The van der Waals surface area contributed by atoms with Gasteiger partial charge in [-0.1, -0.05) is 25.5 Å². The fourth-order valence-electron chi connectivity index (χ4n) is 6.53. The third-order valence-corrected chi connectivity index (χ3v) is 8.06. The summed E-state index contributed by atoms with van der Waals surface area (Å²) in [6, 6.07) is 0. The predicted molar refractivity (Wildman–Crippen MR) is 82.5 cm³/mol. The molecule has 1 heterocycles. The van der Waals surface area contributed by atoms with E-state index in [2.05, 4.69) is 26.8 Å². The molecule has 1 nitrogen and oxygen atoms in total. The third kappa shape index (κ3) is 1.59. The van der Waals surface area contributed by atoms with Crippen LogP contribution in [0.2, 0.25) is 0 Å². The molecule has 0 bridgehead atoms. The monoisotopic (exact) mass is 274 g/mol. The van der Waals surface area contributed by atoms with E-state index in [1.165, 1.54) is 38.5 Å². The normalized spacial score (nSPS) is 54.6. The second-order valence-corrected chi connectivity index (χ2v) is 8.58. The van der Waals surface area contributed by atoms with Crippen molar-refractivity contribution in [1.82, 2.24) is 0 Å². The summed E-state index contributed by atoms with van der Waals surface area (Å²) in [6.07, 6.45) is 11.0. The molecule has 0 amide bonds. The number of fused-ring (bicyclic) bond motifs is 5. The zero-order valence-electron chi connectivity index (χ0n) is 13.5. The van der Waals surface area contributed by atoms with E-state index >= 15 is 0 Å². The van der Waals surface area contributed by atoms with Crippen molar-refractivity contribution in [2.24, 2.45) is 34.5 Å². The number of ether oxygens (including phenoxy) is 1. The summed E-state index contributed by atoms with van der Waals surface area (Å²) in [4.78, 5) is 0. The van der Waals surface area contributed by atoms with E-state index in [0.29, 0.717) is 10.8 Å². The first kappa shape index (κ1) is 13.4. The van der Waals surface area contributed by atoms with Crippen LogP contribution < -0.4 is 0 Å². The van der Waals surface area contributed by atoms with Gasteiger partial charge in [0.2, 0.25) is 0 Å². The van der Waals surface area contributed by atoms with Gasteiger partial charge in [-0.25, -0.2) is 0 Å². The summed E-state index contributed by atoms with van der Waals surface area (Å²) in [7, 11) is 0. The zero-order valence-corrected chi connectivity index (χ0v) is 13.5. The van der Waals surface area contributed by atoms with Crippen molar-refractivity contribution in [3.63, 3.8) is 0 Å². The van der Waals surface area contributed by atoms with E-state index in [1.54, 1.807) is 5.57 Å². The van der Waals surface area contributed by atoms with Crippen molar-refractivity contribution in [2.45, 2.75) is 59.3 Å². The Bertz CT molecular complexity index is 439. The van der Waals surface area contributed by atoms with Gasteiger partial charge in [0.1, 0.15) is 0 Å². The molecule has 0 N–H and O–H groups in total. The molecule has 0 aromatic heterocycles. The molecular formula is C19H30O. The Morgan fingerprint density at radius 3 is 2.80 bits per heavy atom. The van der Waals surface area contributed by atoms with Gasteiger partial charge < -0.3 is 4.74 Å². The largest absolute Gasteiger partial charge is 0.381 e. The summed E-state index contributed by atoms with van der Waals surface area (Å²) in [6.45, 7) is 9.55. The maximum Gasteiger partial charge on any atom is 0.0525 e. The van der Waals surface area contributed by atoms with E-state index < -0.39 is 0 Å². The molecule has 6 atom stereocenters. The van der Waals surface area contributed by atoms with Crippen molar-refractivity contribution in [3.8, 4) is 0 Å². The minimum Gasteiger partial charge on any atom is -0.381 e. The molecule has 112 valence electrons. The van der Waals surface area contributed by atoms with E-state index in [9.17, 15) is 0 Å². The number of rotatable bonds is 0. The lowest BCUT2D eigenvalue weighted by Crippen LogP contribution is -2.54. The van der Waals surface area contributed by atoms with Crippen LogP contribution in [-0.4, -0.2) is 13.2 Å². The Balaban J connectivity index is 1.65. The maximum absolute atomic E-state index is 5.94. The minimum atomic E-state index is 0.485. The van der Waals surface area contributed by atoms with Gasteiger partial charge in [-0.15, -0.1) is 0 Å². The summed E-state index contributed by atoms with van der Waals surface area (Å²) >= 11 is 0. The van der Waals surface area contributed by atoms with Crippen LogP contribution in [-0.2, 0) is 4.74 Å². The smallest absolute Gasteiger partial charge is 0.0525 e. The van der Waals surface area contributed by atoms with Crippen LogP contribution in [0.4, 0.5) is 0 Å². The lowest BCUT2D eigenvalue weighted by atomic mass is 9.46. The standard InChI is InChI=1S/C19H30O/c1-13-4-7-16-15-6-5-14-9-11-20-12-19(14,3)17(15)8-10-18(13,16)2/h4,14-17H,5-12H2,1-3H3/t14-,15-,16-,17-,18+,19-/m0/s1. The highest BCUT2D eigenvalue weighted by molar-refractivity contribution is 5.23. The molecule has 0 aromatic rings. The van der Waals surface area contributed by atoms with Crippen LogP contribution in [0.25, 0.3) is 0 Å². The molecule has 3 aliphatic carbocycles. The van der Waals surface area contributed by atoms with E-state index in [4.69, 9.17) is 4.74 Å². The Labute approximate surface area is 124 Å². The first-order valence-corrected chi connectivity index (χ1v) is 8.81. The number of allylic oxidation sites excluding steroid dienone is 2. The molecule has 0 unspecified atom stereocenters. The molecule has 4 aliphatic rings. The maximum atomic E-state index is 5.94. The molecule has 0 spiro atoms. The second kappa shape index (κ2) is 4.35. The quantitative estimate of drug-likeness (QED) is 0.575. The van der Waals surface area contributed by atoms with Gasteiger partial charge in [0, 0.05) is 6.61 Å². The Kier molecular flexibility index (Phi) is 2.91. The van der Waals surface area contributed by atoms with Gasteiger partial charge in [0.15, 0.2) is 0 Å². The van der Waals surface area contributed by atoms with Crippen molar-refractivity contribution in [2.75, 3.05) is 13.2 Å². The van der Waals surface area contributed by atoms with Gasteiger partial charge in [0.05, 0.1) is 6.61 Å². The highest BCUT2D eigenvalue weighted by atomic mass is 16.5. The molecule has 1 saturated heterocycles. The first-order valence-electron chi connectivity index (χ1n) is 8.81. The fourth-order valence-corrected chi connectivity index (χ4v) is 6.53. The average Bonchev–Trinajstić information content (AvgIpc) is 2.74. The minimum absolute atomic E-state index is 0.485. The second-order valence-electron chi connectivity index (χ2n) is 8.58. The summed E-state index contributed by atoms with van der Waals surface area (Å²) in [5, 5.41) is 0. The third-order valence-electron chi connectivity index (χ3n) is 8.06. The Morgan fingerprint density at radius 1 is 1.10 bits per heavy atom. The Hall–Kier alpha value is -0.300. The molecule has 2 saturated carbocycles. The van der Waals surface area contributed by atoms with Crippen LogP contribution in [0.3, 0.4) is 0 Å². The SMILES string of the molecule is CC1=CC[C@H]2[C@@H]3CC[C@H]4CCOC[C@]4(C)[C@H]3CC[C@]12C. The van der Waals surface area contributed by atoms with Gasteiger partial charge >= 0.3 is 0 Å². The molecule has 1 aliphatic heterocycles.